The first kappa shape index (κ1) is 13.1. The Kier molecular flexibility index (Phi) is 4.40. The van der Waals surface area contributed by atoms with E-state index in [4.69, 9.17) is 5.11 Å². The molecule has 0 aromatic heterocycles. The number of carboxylic acid groups (broad SMARTS) is 1. The standard InChI is InChI=1S/C16H22O2/c1-12-6-5-8-13(10-12)15-9-4-2-3-7-14(15)11-16(17)18/h5-6,8,10,14-15H,2-4,7,9,11H2,1H3,(H,17,18). The molecule has 98 valence electrons. The highest BCUT2D eigenvalue weighted by Gasteiger charge is 2.26. The predicted octanol–water partition coefficient (Wildman–Crippen LogP) is 4.13. The molecule has 2 atom stereocenters. The summed E-state index contributed by atoms with van der Waals surface area (Å²) < 4.78 is 0. The Morgan fingerprint density at radius 2 is 2.06 bits per heavy atom. The number of hydrogen-bond donors (Lipinski definition) is 1. The van der Waals surface area contributed by atoms with Crippen molar-refractivity contribution in [2.45, 2.75) is 51.4 Å². The molecule has 0 aliphatic heterocycles. The highest BCUT2D eigenvalue weighted by Crippen LogP contribution is 2.38. The lowest BCUT2D eigenvalue weighted by Crippen LogP contribution is -2.16. The third-order valence-electron chi connectivity index (χ3n) is 4.07. The second kappa shape index (κ2) is 6.03. The van der Waals surface area contributed by atoms with Gasteiger partial charge in [-0.1, -0.05) is 49.1 Å². The van der Waals surface area contributed by atoms with Crippen molar-refractivity contribution in [3.8, 4) is 0 Å². The number of aliphatic carboxylic acids is 1. The van der Waals surface area contributed by atoms with Crippen LogP contribution in [0, 0.1) is 12.8 Å². The van der Waals surface area contributed by atoms with E-state index in [1.165, 1.54) is 30.4 Å². The first-order valence-corrected chi connectivity index (χ1v) is 6.95. The van der Waals surface area contributed by atoms with Crippen molar-refractivity contribution in [3.63, 3.8) is 0 Å². The molecule has 1 N–H and O–H groups in total. The maximum atomic E-state index is 11.0. The summed E-state index contributed by atoms with van der Waals surface area (Å²) in [7, 11) is 0. The van der Waals surface area contributed by atoms with Crippen molar-refractivity contribution in [2.24, 2.45) is 5.92 Å². The van der Waals surface area contributed by atoms with Crippen LogP contribution in [0.2, 0.25) is 0 Å². The van der Waals surface area contributed by atoms with Crippen LogP contribution in [-0.2, 0) is 4.79 Å². The van der Waals surface area contributed by atoms with Crippen molar-refractivity contribution in [1.82, 2.24) is 0 Å². The molecule has 1 aliphatic carbocycles. The van der Waals surface area contributed by atoms with Crippen molar-refractivity contribution in [3.05, 3.63) is 35.4 Å². The lowest BCUT2D eigenvalue weighted by Gasteiger charge is -2.24. The second-order valence-electron chi connectivity index (χ2n) is 5.52. The molecule has 2 rings (SSSR count). The summed E-state index contributed by atoms with van der Waals surface area (Å²) >= 11 is 0. The van der Waals surface area contributed by atoms with Crippen LogP contribution >= 0.6 is 0 Å². The van der Waals surface area contributed by atoms with Gasteiger partial charge in [-0.2, -0.15) is 0 Å². The van der Waals surface area contributed by atoms with Crippen LogP contribution < -0.4 is 0 Å². The summed E-state index contributed by atoms with van der Waals surface area (Å²) in [5.41, 5.74) is 2.61. The monoisotopic (exact) mass is 246 g/mol. The largest absolute Gasteiger partial charge is 0.481 e. The van der Waals surface area contributed by atoms with Gasteiger partial charge in [-0.3, -0.25) is 4.79 Å². The van der Waals surface area contributed by atoms with Gasteiger partial charge in [0.1, 0.15) is 0 Å². The predicted molar refractivity (Wildman–Crippen MR) is 72.7 cm³/mol. The smallest absolute Gasteiger partial charge is 0.303 e. The summed E-state index contributed by atoms with van der Waals surface area (Å²) in [6.45, 7) is 2.10. The molecule has 1 saturated carbocycles. The van der Waals surface area contributed by atoms with Gasteiger partial charge in [0.2, 0.25) is 0 Å². The van der Waals surface area contributed by atoms with E-state index in [1.54, 1.807) is 0 Å². The maximum Gasteiger partial charge on any atom is 0.303 e. The van der Waals surface area contributed by atoms with Gasteiger partial charge in [0, 0.05) is 6.42 Å². The number of hydrogen-bond acceptors (Lipinski definition) is 1. The van der Waals surface area contributed by atoms with Gasteiger partial charge in [-0.25, -0.2) is 0 Å². The number of carboxylic acids is 1. The van der Waals surface area contributed by atoms with E-state index in [0.29, 0.717) is 18.3 Å². The van der Waals surface area contributed by atoms with Crippen LogP contribution in [0.5, 0.6) is 0 Å². The molecule has 2 unspecified atom stereocenters. The van der Waals surface area contributed by atoms with Gasteiger partial charge in [-0.15, -0.1) is 0 Å². The van der Waals surface area contributed by atoms with Crippen molar-refractivity contribution >= 4 is 5.97 Å². The Balaban J connectivity index is 2.22. The zero-order valence-electron chi connectivity index (χ0n) is 11.1. The fraction of sp³-hybridized carbons (Fsp3) is 0.562. The topological polar surface area (TPSA) is 37.3 Å². The van der Waals surface area contributed by atoms with E-state index in [9.17, 15) is 4.79 Å². The van der Waals surface area contributed by atoms with Gasteiger partial charge in [-0.05, 0) is 37.2 Å². The highest BCUT2D eigenvalue weighted by molar-refractivity contribution is 5.67. The van der Waals surface area contributed by atoms with E-state index < -0.39 is 5.97 Å². The summed E-state index contributed by atoms with van der Waals surface area (Å²) in [5.74, 6) is 0.0925. The first-order valence-electron chi connectivity index (χ1n) is 6.95. The molecule has 2 nitrogen and oxygen atoms in total. The molecule has 0 bridgehead atoms. The van der Waals surface area contributed by atoms with E-state index in [2.05, 4.69) is 31.2 Å². The molecule has 0 saturated heterocycles. The minimum Gasteiger partial charge on any atom is -0.481 e. The number of benzene rings is 1. The molecule has 0 spiro atoms. The van der Waals surface area contributed by atoms with Crippen LogP contribution in [0.15, 0.2) is 24.3 Å². The van der Waals surface area contributed by atoms with Gasteiger partial charge in [0.25, 0.3) is 0 Å². The van der Waals surface area contributed by atoms with Gasteiger partial charge in [0.05, 0.1) is 0 Å². The molecular weight excluding hydrogens is 224 g/mol. The molecule has 1 aliphatic rings. The maximum absolute atomic E-state index is 11.0. The van der Waals surface area contributed by atoms with Crippen LogP contribution in [0.4, 0.5) is 0 Å². The van der Waals surface area contributed by atoms with Gasteiger partial charge >= 0.3 is 5.97 Å². The number of carbonyl (C=O) groups is 1. The third-order valence-corrected chi connectivity index (χ3v) is 4.07. The summed E-state index contributed by atoms with van der Waals surface area (Å²) in [4.78, 5) is 11.0. The lowest BCUT2D eigenvalue weighted by atomic mass is 9.80. The Hall–Kier alpha value is -1.31. The Morgan fingerprint density at radius 3 is 2.78 bits per heavy atom. The summed E-state index contributed by atoms with van der Waals surface area (Å²) in [5, 5.41) is 9.08. The van der Waals surface area contributed by atoms with Crippen LogP contribution in [0.25, 0.3) is 0 Å². The zero-order chi connectivity index (χ0) is 13.0. The SMILES string of the molecule is Cc1cccc(C2CCCCCC2CC(=O)O)c1. The van der Waals surface area contributed by atoms with E-state index in [-0.39, 0.29) is 0 Å². The minimum atomic E-state index is -0.653. The van der Waals surface area contributed by atoms with E-state index in [0.717, 1.165) is 12.8 Å². The number of rotatable bonds is 3. The molecular formula is C16H22O2. The Bertz CT molecular complexity index is 411. The van der Waals surface area contributed by atoms with Crippen molar-refractivity contribution in [1.29, 1.82) is 0 Å². The average Bonchev–Trinajstić information content (AvgIpc) is 2.54. The van der Waals surface area contributed by atoms with E-state index >= 15 is 0 Å². The lowest BCUT2D eigenvalue weighted by molar-refractivity contribution is -0.138. The van der Waals surface area contributed by atoms with Gasteiger partial charge in [0.15, 0.2) is 0 Å². The molecule has 1 aromatic rings. The molecule has 2 heteroatoms. The van der Waals surface area contributed by atoms with Crippen LogP contribution in [-0.4, -0.2) is 11.1 Å². The zero-order valence-corrected chi connectivity index (χ0v) is 11.1. The normalized spacial score (nSPS) is 24.5. The first-order chi connectivity index (χ1) is 8.66. The fourth-order valence-electron chi connectivity index (χ4n) is 3.19. The molecule has 1 aromatic carbocycles. The molecule has 1 fully saturated rings. The van der Waals surface area contributed by atoms with Crippen LogP contribution in [0.3, 0.4) is 0 Å². The van der Waals surface area contributed by atoms with E-state index in [1.807, 2.05) is 0 Å². The molecule has 0 heterocycles. The summed E-state index contributed by atoms with van der Waals surface area (Å²) in [6, 6.07) is 8.59. The van der Waals surface area contributed by atoms with Gasteiger partial charge < -0.3 is 5.11 Å². The molecule has 0 amide bonds. The van der Waals surface area contributed by atoms with Crippen molar-refractivity contribution < 1.29 is 9.90 Å². The minimum absolute atomic E-state index is 0.312. The third kappa shape index (κ3) is 3.34. The number of aryl methyl sites for hydroxylation is 1. The molecule has 18 heavy (non-hydrogen) atoms. The highest BCUT2D eigenvalue weighted by atomic mass is 16.4. The second-order valence-corrected chi connectivity index (χ2v) is 5.52. The average molecular weight is 246 g/mol. The van der Waals surface area contributed by atoms with Crippen LogP contribution in [0.1, 0.15) is 55.6 Å². The molecule has 0 radical (unpaired) electrons. The quantitative estimate of drug-likeness (QED) is 0.814. The van der Waals surface area contributed by atoms with Crippen molar-refractivity contribution in [2.75, 3.05) is 0 Å². The Labute approximate surface area is 109 Å². The summed E-state index contributed by atoms with van der Waals surface area (Å²) in [6.07, 6.45) is 6.18. The fourth-order valence-corrected chi connectivity index (χ4v) is 3.19. The Morgan fingerprint density at radius 1 is 1.28 bits per heavy atom.